The number of nitrogens with two attached hydrogens (primary N) is 1. The molecule has 0 aromatic heterocycles. The van der Waals surface area contributed by atoms with Crippen LogP contribution in [0.3, 0.4) is 0 Å². The van der Waals surface area contributed by atoms with Crippen LogP contribution in [-0.4, -0.2) is 31.1 Å². The fourth-order valence-electron chi connectivity index (χ4n) is 2.84. The largest absolute Gasteiger partial charge is 0.491 e. The number of likely N-dealkylation sites (tertiary alicyclic amines) is 1. The first kappa shape index (κ1) is 14.2. The van der Waals surface area contributed by atoms with E-state index in [-0.39, 0.29) is 0 Å². The number of rotatable bonds is 7. The molecule has 1 aliphatic heterocycles. The van der Waals surface area contributed by atoms with Crippen LogP contribution in [-0.2, 0) is 0 Å². The zero-order chi connectivity index (χ0) is 13.5. The summed E-state index contributed by atoms with van der Waals surface area (Å²) < 4.78 is 5.72. The molecular formula is C16H26N2O. The number of ether oxygens (including phenoxy) is 1. The molecule has 1 heterocycles. The molecule has 0 aliphatic carbocycles. The average Bonchev–Trinajstić information content (AvgIpc) is 2.85. The van der Waals surface area contributed by atoms with E-state index in [0.717, 1.165) is 36.9 Å². The van der Waals surface area contributed by atoms with Gasteiger partial charge in [0, 0.05) is 13.1 Å². The van der Waals surface area contributed by atoms with Crippen molar-refractivity contribution in [1.29, 1.82) is 0 Å². The van der Waals surface area contributed by atoms with Crippen molar-refractivity contribution in [3.63, 3.8) is 0 Å². The molecule has 0 radical (unpaired) electrons. The molecule has 1 aromatic rings. The minimum Gasteiger partial charge on any atom is -0.491 e. The molecule has 1 saturated heterocycles. The van der Waals surface area contributed by atoms with E-state index in [0.29, 0.717) is 0 Å². The van der Waals surface area contributed by atoms with Gasteiger partial charge in [-0.05, 0) is 43.9 Å². The first-order valence-corrected chi connectivity index (χ1v) is 7.49. The Morgan fingerprint density at radius 3 is 3.00 bits per heavy atom. The van der Waals surface area contributed by atoms with E-state index in [1.54, 1.807) is 0 Å². The number of benzene rings is 1. The van der Waals surface area contributed by atoms with Gasteiger partial charge in [-0.1, -0.05) is 25.5 Å². The zero-order valence-electron chi connectivity index (χ0n) is 12.0. The van der Waals surface area contributed by atoms with Crippen molar-refractivity contribution >= 4 is 5.69 Å². The second-order valence-electron chi connectivity index (χ2n) is 5.48. The Balaban J connectivity index is 1.61. The molecule has 19 heavy (non-hydrogen) atoms. The van der Waals surface area contributed by atoms with Gasteiger partial charge in [0.1, 0.15) is 5.75 Å². The summed E-state index contributed by atoms with van der Waals surface area (Å²) in [6, 6.07) is 7.70. The van der Waals surface area contributed by atoms with Gasteiger partial charge in [-0.3, -0.25) is 0 Å². The van der Waals surface area contributed by atoms with E-state index in [4.69, 9.17) is 10.5 Å². The van der Waals surface area contributed by atoms with Crippen LogP contribution >= 0.6 is 0 Å². The maximum absolute atomic E-state index is 5.84. The lowest BCUT2D eigenvalue weighted by Gasteiger charge is -2.16. The Kier molecular flexibility index (Phi) is 5.52. The molecule has 1 fully saturated rings. The lowest BCUT2D eigenvalue weighted by Crippen LogP contribution is -2.23. The summed E-state index contributed by atoms with van der Waals surface area (Å²) in [6.07, 6.45) is 5.15. The normalized spacial score (nSPS) is 19.7. The highest BCUT2D eigenvalue weighted by Crippen LogP contribution is 2.22. The third-order valence-corrected chi connectivity index (χ3v) is 3.86. The summed E-state index contributed by atoms with van der Waals surface area (Å²) in [6.45, 7) is 6.72. The fraction of sp³-hybridized carbons (Fsp3) is 0.625. The zero-order valence-corrected chi connectivity index (χ0v) is 12.0. The number of para-hydroxylation sites is 2. The van der Waals surface area contributed by atoms with Crippen LogP contribution < -0.4 is 10.5 Å². The predicted octanol–water partition coefficient (Wildman–Crippen LogP) is 3.16. The quantitative estimate of drug-likeness (QED) is 0.606. The number of nitrogens with zero attached hydrogens (tertiary/aromatic N) is 1. The van der Waals surface area contributed by atoms with Crippen molar-refractivity contribution in [2.45, 2.75) is 32.6 Å². The summed E-state index contributed by atoms with van der Waals surface area (Å²) in [5.41, 5.74) is 6.57. The molecule has 0 spiro atoms. The summed E-state index contributed by atoms with van der Waals surface area (Å²) in [7, 11) is 0. The van der Waals surface area contributed by atoms with E-state index < -0.39 is 0 Å². The van der Waals surface area contributed by atoms with Gasteiger partial charge in [-0.25, -0.2) is 0 Å². The lowest BCUT2D eigenvalue weighted by molar-refractivity contribution is 0.258. The number of hydrogen-bond donors (Lipinski definition) is 1. The Labute approximate surface area is 116 Å². The summed E-state index contributed by atoms with van der Waals surface area (Å²) >= 11 is 0. The van der Waals surface area contributed by atoms with Gasteiger partial charge in [0.2, 0.25) is 0 Å². The smallest absolute Gasteiger partial charge is 0.142 e. The minimum atomic E-state index is 0.728. The molecule has 3 heteroatoms. The number of hydrogen-bond acceptors (Lipinski definition) is 3. The summed E-state index contributed by atoms with van der Waals surface area (Å²) in [5, 5.41) is 0. The Morgan fingerprint density at radius 1 is 1.37 bits per heavy atom. The Bertz CT molecular complexity index is 381. The van der Waals surface area contributed by atoms with E-state index in [1.807, 2.05) is 24.3 Å². The highest BCUT2D eigenvalue weighted by atomic mass is 16.5. The van der Waals surface area contributed by atoms with Crippen LogP contribution in [0, 0.1) is 5.92 Å². The molecular weight excluding hydrogens is 236 g/mol. The average molecular weight is 262 g/mol. The SMILES string of the molecule is CCCC1CCN(CCCOc2ccccc2N)C1. The fourth-order valence-corrected chi connectivity index (χ4v) is 2.84. The van der Waals surface area contributed by atoms with E-state index in [9.17, 15) is 0 Å². The highest BCUT2D eigenvalue weighted by molar-refractivity contribution is 5.51. The molecule has 2 rings (SSSR count). The lowest BCUT2D eigenvalue weighted by atomic mass is 10.0. The Hall–Kier alpha value is -1.22. The maximum Gasteiger partial charge on any atom is 0.142 e. The molecule has 1 atom stereocenters. The van der Waals surface area contributed by atoms with Crippen molar-refractivity contribution < 1.29 is 4.74 Å². The molecule has 0 bridgehead atoms. The summed E-state index contributed by atoms with van der Waals surface area (Å²) in [4.78, 5) is 2.57. The van der Waals surface area contributed by atoms with Gasteiger partial charge in [0.15, 0.2) is 0 Å². The van der Waals surface area contributed by atoms with Gasteiger partial charge in [-0.2, -0.15) is 0 Å². The van der Waals surface area contributed by atoms with E-state index in [1.165, 1.54) is 32.4 Å². The van der Waals surface area contributed by atoms with Crippen molar-refractivity contribution in [2.24, 2.45) is 5.92 Å². The van der Waals surface area contributed by atoms with Crippen LogP contribution in [0.25, 0.3) is 0 Å². The number of nitrogen functional groups attached to an aromatic ring is 1. The van der Waals surface area contributed by atoms with Crippen LogP contribution in [0.1, 0.15) is 32.6 Å². The third kappa shape index (κ3) is 4.43. The molecule has 106 valence electrons. The summed E-state index contributed by atoms with van der Waals surface area (Å²) in [5.74, 6) is 1.74. The van der Waals surface area contributed by atoms with Gasteiger partial charge in [0.25, 0.3) is 0 Å². The van der Waals surface area contributed by atoms with Crippen LogP contribution in [0.2, 0.25) is 0 Å². The molecule has 1 aromatic carbocycles. The number of anilines is 1. The molecule has 0 amide bonds. The van der Waals surface area contributed by atoms with Crippen LogP contribution in [0.5, 0.6) is 5.75 Å². The van der Waals surface area contributed by atoms with Crippen molar-refractivity contribution in [1.82, 2.24) is 4.90 Å². The highest BCUT2D eigenvalue weighted by Gasteiger charge is 2.20. The molecule has 0 saturated carbocycles. The van der Waals surface area contributed by atoms with Crippen molar-refractivity contribution in [3.8, 4) is 5.75 Å². The first-order chi connectivity index (χ1) is 9.29. The van der Waals surface area contributed by atoms with Gasteiger partial charge >= 0.3 is 0 Å². The third-order valence-electron chi connectivity index (χ3n) is 3.86. The molecule has 3 nitrogen and oxygen atoms in total. The van der Waals surface area contributed by atoms with E-state index in [2.05, 4.69) is 11.8 Å². The van der Waals surface area contributed by atoms with Gasteiger partial charge in [-0.15, -0.1) is 0 Å². The van der Waals surface area contributed by atoms with Crippen molar-refractivity contribution in [3.05, 3.63) is 24.3 Å². The van der Waals surface area contributed by atoms with Crippen LogP contribution in [0.4, 0.5) is 5.69 Å². The predicted molar refractivity (Wildman–Crippen MR) is 80.4 cm³/mol. The first-order valence-electron chi connectivity index (χ1n) is 7.49. The van der Waals surface area contributed by atoms with Gasteiger partial charge in [0.05, 0.1) is 12.3 Å². The standard InChI is InChI=1S/C16H26N2O/c1-2-6-14-9-11-18(13-14)10-5-12-19-16-8-4-3-7-15(16)17/h3-4,7-8,14H,2,5-6,9-13,17H2,1H3. The van der Waals surface area contributed by atoms with Crippen LogP contribution in [0.15, 0.2) is 24.3 Å². The van der Waals surface area contributed by atoms with Crippen molar-refractivity contribution in [2.75, 3.05) is 32.0 Å². The molecule has 1 aliphatic rings. The van der Waals surface area contributed by atoms with Gasteiger partial charge < -0.3 is 15.4 Å². The topological polar surface area (TPSA) is 38.5 Å². The minimum absolute atomic E-state index is 0.728. The second-order valence-corrected chi connectivity index (χ2v) is 5.48. The van der Waals surface area contributed by atoms with E-state index >= 15 is 0 Å². The maximum atomic E-state index is 5.84. The monoisotopic (exact) mass is 262 g/mol. The Morgan fingerprint density at radius 2 is 2.21 bits per heavy atom. The second kappa shape index (κ2) is 7.39. The molecule has 1 unspecified atom stereocenters. The molecule has 2 N–H and O–H groups in total.